The van der Waals surface area contributed by atoms with Crippen molar-refractivity contribution in [1.82, 2.24) is 15.5 Å². The van der Waals surface area contributed by atoms with Crippen LogP contribution in [0.2, 0.25) is 0 Å². The molecule has 0 saturated carbocycles. The fraction of sp³-hybridized carbons (Fsp3) is 0.375. The molecule has 1 aromatic heterocycles. The molecule has 3 aliphatic rings. The summed E-state index contributed by atoms with van der Waals surface area (Å²) in [6.45, 7) is 4.16. The lowest BCUT2D eigenvalue weighted by Gasteiger charge is -2.48. The number of hydrogen-bond donors (Lipinski definition) is 2. The van der Waals surface area contributed by atoms with Crippen LogP contribution < -0.4 is 15.5 Å². The summed E-state index contributed by atoms with van der Waals surface area (Å²) in [6, 6.07) is 13.6. The van der Waals surface area contributed by atoms with Gasteiger partial charge in [0.1, 0.15) is 0 Å². The fourth-order valence-corrected chi connectivity index (χ4v) is 3.05. The number of nitrogens with one attached hydrogen (secondary N) is 2. The second-order valence-corrected chi connectivity index (χ2v) is 5.97. The van der Waals surface area contributed by atoms with Crippen LogP contribution in [-0.4, -0.2) is 35.4 Å². The molecule has 4 heterocycles. The standard InChI is InChI=1S/C16H19N5/c1-11-2-4-12(5-3-11)18-15-6-7-16(20-19-15)21-9-13-8-14(10-21)17-13/h2-7,13-14,17H,8-10H2,1H3,(H,18,19). The third-order valence-electron chi connectivity index (χ3n) is 4.22. The third-order valence-corrected chi connectivity index (χ3v) is 4.22. The Balaban J connectivity index is 1.44. The summed E-state index contributed by atoms with van der Waals surface area (Å²) in [5, 5.41) is 15.4. The van der Waals surface area contributed by atoms with Crippen LogP contribution in [0, 0.1) is 6.92 Å². The van der Waals surface area contributed by atoms with E-state index in [1.54, 1.807) is 0 Å². The maximum absolute atomic E-state index is 4.36. The Morgan fingerprint density at radius 1 is 1.05 bits per heavy atom. The second kappa shape index (κ2) is 5.00. The molecular weight excluding hydrogens is 262 g/mol. The Morgan fingerprint density at radius 3 is 2.38 bits per heavy atom. The molecule has 5 nitrogen and oxygen atoms in total. The first-order valence-corrected chi connectivity index (χ1v) is 7.45. The first kappa shape index (κ1) is 12.6. The minimum absolute atomic E-state index is 0.635. The highest BCUT2D eigenvalue weighted by Crippen LogP contribution is 2.25. The predicted octanol–water partition coefficient (Wildman–Crippen LogP) is 2.08. The lowest BCUT2D eigenvalue weighted by molar-refractivity contribution is 0.225. The van der Waals surface area contributed by atoms with E-state index in [-0.39, 0.29) is 0 Å². The summed E-state index contributed by atoms with van der Waals surface area (Å²) in [5.74, 6) is 1.75. The summed E-state index contributed by atoms with van der Waals surface area (Å²) in [5.41, 5.74) is 2.28. The van der Waals surface area contributed by atoms with Gasteiger partial charge in [-0.1, -0.05) is 17.7 Å². The van der Waals surface area contributed by atoms with E-state index >= 15 is 0 Å². The lowest BCUT2D eigenvalue weighted by atomic mass is 9.91. The minimum atomic E-state index is 0.635. The van der Waals surface area contributed by atoms with Crippen molar-refractivity contribution >= 4 is 17.3 Å². The van der Waals surface area contributed by atoms with E-state index in [1.165, 1.54) is 12.0 Å². The molecule has 0 aliphatic carbocycles. The molecule has 108 valence electrons. The normalized spacial score (nSPS) is 23.6. The molecular formula is C16H19N5. The van der Waals surface area contributed by atoms with Crippen molar-refractivity contribution in [1.29, 1.82) is 0 Å². The highest BCUT2D eigenvalue weighted by molar-refractivity contribution is 5.57. The summed E-state index contributed by atoms with van der Waals surface area (Å²) in [6.07, 6.45) is 1.30. The van der Waals surface area contributed by atoms with Crippen molar-refractivity contribution in [2.45, 2.75) is 25.4 Å². The SMILES string of the molecule is Cc1ccc(Nc2ccc(N3CC4CC(C3)N4)nn2)cc1. The van der Waals surface area contributed by atoms with E-state index in [1.807, 2.05) is 12.1 Å². The number of fused-ring (bicyclic) bond motifs is 2. The van der Waals surface area contributed by atoms with Gasteiger partial charge in [0, 0.05) is 30.9 Å². The van der Waals surface area contributed by atoms with Crippen LogP contribution in [0.1, 0.15) is 12.0 Å². The number of aromatic nitrogens is 2. The quantitative estimate of drug-likeness (QED) is 0.902. The van der Waals surface area contributed by atoms with Crippen molar-refractivity contribution in [3.8, 4) is 0 Å². The van der Waals surface area contributed by atoms with Gasteiger partial charge in [0.15, 0.2) is 11.6 Å². The van der Waals surface area contributed by atoms with E-state index in [9.17, 15) is 0 Å². The van der Waals surface area contributed by atoms with Crippen LogP contribution in [0.4, 0.5) is 17.3 Å². The maximum Gasteiger partial charge on any atom is 0.153 e. The molecule has 0 spiro atoms. The first-order valence-electron chi connectivity index (χ1n) is 7.45. The molecule has 2 atom stereocenters. The minimum Gasteiger partial charge on any atom is -0.352 e. The second-order valence-electron chi connectivity index (χ2n) is 5.97. The zero-order valence-electron chi connectivity index (χ0n) is 12.1. The maximum atomic E-state index is 4.36. The molecule has 3 aliphatic heterocycles. The Hall–Kier alpha value is -2.14. The highest BCUT2D eigenvalue weighted by atomic mass is 15.3. The number of benzene rings is 1. The van der Waals surface area contributed by atoms with Crippen LogP contribution >= 0.6 is 0 Å². The van der Waals surface area contributed by atoms with Gasteiger partial charge in [-0.2, -0.15) is 0 Å². The van der Waals surface area contributed by atoms with E-state index in [2.05, 4.69) is 56.9 Å². The van der Waals surface area contributed by atoms with Crippen molar-refractivity contribution < 1.29 is 0 Å². The van der Waals surface area contributed by atoms with E-state index < -0.39 is 0 Å². The van der Waals surface area contributed by atoms with Gasteiger partial charge in [0.05, 0.1) is 0 Å². The summed E-state index contributed by atoms with van der Waals surface area (Å²) >= 11 is 0. The van der Waals surface area contributed by atoms with Crippen LogP contribution in [0.25, 0.3) is 0 Å². The first-order chi connectivity index (χ1) is 10.3. The predicted molar refractivity (Wildman–Crippen MR) is 84.0 cm³/mol. The Kier molecular flexibility index (Phi) is 3.00. The summed E-state index contributed by atoms with van der Waals surface area (Å²) < 4.78 is 0. The van der Waals surface area contributed by atoms with Crippen LogP contribution in [0.3, 0.4) is 0 Å². The van der Waals surface area contributed by atoms with Crippen LogP contribution in [0.15, 0.2) is 36.4 Å². The molecule has 0 amide bonds. The number of piperazine rings is 1. The van der Waals surface area contributed by atoms with Crippen molar-refractivity contribution in [2.75, 3.05) is 23.3 Å². The lowest BCUT2D eigenvalue weighted by Crippen LogP contribution is -2.67. The average molecular weight is 281 g/mol. The molecule has 2 bridgehead atoms. The molecule has 5 rings (SSSR count). The van der Waals surface area contributed by atoms with Gasteiger partial charge in [-0.05, 0) is 37.6 Å². The van der Waals surface area contributed by atoms with Gasteiger partial charge in [-0.25, -0.2) is 0 Å². The number of anilines is 3. The molecule has 2 aromatic rings. The van der Waals surface area contributed by atoms with Gasteiger partial charge in [-0.3, -0.25) is 0 Å². The molecule has 2 N–H and O–H groups in total. The molecule has 3 saturated heterocycles. The Morgan fingerprint density at radius 2 is 1.76 bits per heavy atom. The van der Waals surface area contributed by atoms with Gasteiger partial charge in [0.2, 0.25) is 0 Å². The smallest absolute Gasteiger partial charge is 0.153 e. The molecule has 21 heavy (non-hydrogen) atoms. The third kappa shape index (κ3) is 2.56. The van der Waals surface area contributed by atoms with Crippen LogP contribution in [-0.2, 0) is 0 Å². The van der Waals surface area contributed by atoms with E-state index in [0.29, 0.717) is 12.1 Å². The largest absolute Gasteiger partial charge is 0.352 e. The highest BCUT2D eigenvalue weighted by Gasteiger charge is 2.36. The van der Waals surface area contributed by atoms with Crippen LogP contribution in [0.5, 0.6) is 0 Å². The Bertz CT molecular complexity index is 606. The van der Waals surface area contributed by atoms with Crippen molar-refractivity contribution in [3.05, 3.63) is 42.0 Å². The van der Waals surface area contributed by atoms with Gasteiger partial charge in [-0.15, -0.1) is 10.2 Å². The summed E-state index contributed by atoms with van der Waals surface area (Å²) in [4.78, 5) is 2.32. The van der Waals surface area contributed by atoms with Gasteiger partial charge < -0.3 is 15.5 Å². The Labute approximate surface area is 124 Å². The number of hydrogen-bond acceptors (Lipinski definition) is 5. The molecule has 1 aromatic carbocycles. The van der Waals surface area contributed by atoms with Gasteiger partial charge >= 0.3 is 0 Å². The fourth-order valence-electron chi connectivity index (χ4n) is 3.05. The topological polar surface area (TPSA) is 53.1 Å². The molecule has 0 radical (unpaired) electrons. The number of nitrogens with zero attached hydrogens (tertiary/aromatic N) is 3. The van der Waals surface area contributed by atoms with E-state index in [0.717, 1.165) is 30.4 Å². The molecule has 3 fully saturated rings. The molecule has 5 heteroatoms. The van der Waals surface area contributed by atoms with Crippen molar-refractivity contribution in [3.63, 3.8) is 0 Å². The van der Waals surface area contributed by atoms with Crippen molar-refractivity contribution in [2.24, 2.45) is 0 Å². The monoisotopic (exact) mass is 281 g/mol. The number of piperidine rings is 1. The average Bonchev–Trinajstić information content (AvgIpc) is 2.50. The van der Waals surface area contributed by atoms with Gasteiger partial charge in [0.25, 0.3) is 0 Å². The number of aryl methyl sites for hydroxylation is 1. The van der Waals surface area contributed by atoms with E-state index in [4.69, 9.17) is 0 Å². The number of rotatable bonds is 3. The summed E-state index contributed by atoms with van der Waals surface area (Å²) in [7, 11) is 0. The zero-order valence-corrected chi connectivity index (χ0v) is 12.1. The molecule has 2 unspecified atom stereocenters. The zero-order chi connectivity index (χ0) is 14.2.